The minimum Gasteiger partial charge on any atom is -0.349 e. The summed E-state index contributed by atoms with van der Waals surface area (Å²) in [6, 6.07) is 12.3. The average Bonchev–Trinajstić information content (AvgIpc) is 2.60. The standard InChI is InChI=1S/C20H19FN2O2/c1-12-5-4-6-17(21)18(12)20(25)23-14(3)13(2)19(24)16-9-7-15(11-22)8-10-16/h4-10,13-14H,1-3H3,(H,23,25). The fraction of sp³-hybridized carbons (Fsp3) is 0.250. The van der Waals surface area contributed by atoms with Crippen LogP contribution < -0.4 is 5.32 Å². The van der Waals surface area contributed by atoms with Crippen LogP contribution in [0.4, 0.5) is 4.39 Å². The van der Waals surface area contributed by atoms with E-state index in [1.807, 2.05) is 6.07 Å². The van der Waals surface area contributed by atoms with Crippen LogP contribution in [0.5, 0.6) is 0 Å². The van der Waals surface area contributed by atoms with E-state index in [0.29, 0.717) is 16.7 Å². The number of amides is 1. The number of nitriles is 1. The average molecular weight is 338 g/mol. The molecule has 0 saturated carbocycles. The molecule has 0 aromatic heterocycles. The predicted molar refractivity (Wildman–Crippen MR) is 92.7 cm³/mol. The number of nitrogens with zero attached hydrogens (tertiary/aromatic N) is 1. The minimum atomic E-state index is -0.587. The lowest BCUT2D eigenvalue weighted by molar-refractivity contribution is 0.0867. The molecule has 0 bridgehead atoms. The second kappa shape index (κ2) is 7.71. The normalized spacial score (nSPS) is 12.8. The number of ketones is 1. The van der Waals surface area contributed by atoms with Gasteiger partial charge in [0.05, 0.1) is 17.2 Å². The molecule has 0 saturated heterocycles. The van der Waals surface area contributed by atoms with Crippen molar-refractivity contribution >= 4 is 11.7 Å². The van der Waals surface area contributed by atoms with E-state index in [4.69, 9.17) is 5.26 Å². The zero-order valence-corrected chi connectivity index (χ0v) is 14.3. The van der Waals surface area contributed by atoms with Crippen LogP contribution in [0, 0.1) is 30.0 Å². The van der Waals surface area contributed by atoms with Crippen LogP contribution in [0.2, 0.25) is 0 Å². The van der Waals surface area contributed by atoms with Gasteiger partial charge < -0.3 is 5.32 Å². The zero-order valence-electron chi connectivity index (χ0n) is 14.3. The molecule has 128 valence electrons. The number of Topliss-reactive ketones (excluding diaryl/α,β-unsaturated/α-hetero) is 1. The summed E-state index contributed by atoms with van der Waals surface area (Å²) >= 11 is 0. The molecule has 1 N–H and O–H groups in total. The van der Waals surface area contributed by atoms with Gasteiger partial charge in [0, 0.05) is 17.5 Å². The summed E-state index contributed by atoms with van der Waals surface area (Å²) in [6.45, 7) is 5.08. The molecule has 2 atom stereocenters. The number of aryl methyl sites for hydroxylation is 1. The van der Waals surface area contributed by atoms with Crippen molar-refractivity contribution in [2.75, 3.05) is 0 Å². The Hall–Kier alpha value is -3.00. The summed E-state index contributed by atoms with van der Waals surface area (Å²) in [5.74, 6) is -1.77. The van der Waals surface area contributed by atoms with Gasteiger partial charge in [-0.05, 0) is 37.6 Å². The summed E-state index contributed by atoms with van der Waals surface area (Å²) in [7, 11) is 0. The third-order valence-corrected chi connectivity index (χ3v) is 4.27. The Morgan fingerprint density at radius 3 is 2.32 bits per heavy atom. The van der Waals surface area contributed by atoms with Gasteiger partial charge in [0.1, 0.15) is 5.82 Å². The van der Waals surface area contributed by atoms with Gasteiger partial charge in [-0.15, -0.1) is 0 Å². The van der Waals surface area contributed by atoms with Gasteiger partial charge in [-0.3, -0.25) is 9.59 Å². The molecular weight excluding hydrogens is 319 g/mol. The first-order valence-electron chi connectivity index (χ1n) is 7.95. The van der Waals surface area contributed by atoms with Crippen molar-refractivity contribution in [3.8, 4) is 6.07 Å². The molecule has 2 unspecified atom stereocenters. The highest BCUT2D eigenvalue weighted by molar-refractivity contribution is 5.99. The van der Waals surface area contributed by atoms with Crippen LogP contribution >= 0.6 is 0 Å². The first-order chi connectivity index (χ1) is 11.8. The highest BCUT2D eigenvalue weighted by Gasteiger charge is 2.24. The van der Waals surface area contributed by atoms with Crippen LogP contribution in [0.3, 0.4) is 0 Å². The largest absolute Gasteiger partial charge is 0.349 e. The molecular formula is C20H19FN2O2. The monoisotopic (exact) mass is 338 g/mol. The third kappa shape index (κ3) is 4.10. The second-order valence-electron chi connectivity index (χ2n) is 6.04. The maximum atomic E-state index is 13.9. The molecule has 0 aliphatic carbocycles. The van der Waals surface area contributed by atoms with Gasteiger partial charge >= 0.3 is 0 Å². The minimum absolute atomic E-state index is 0.00706. The van der Waals surface area contributed by atoms with Crippen LogP contribution in [-0.4, -0.2) is 17.7 Å². The molecule has 1 amide bonds. The van der Waals surface area contributed by atoms with Crippen molar-refractivity contribution in [3.05, 3.63) is 70.5 Å². The first kappa shape index (κ1) is 18.3. The number of hydrogen-bond donors (Lipinski definition) is 1. The van der Waals surface area contributed by atoms with E-state index in [0.717, 1.165) is 0 Å². The lowest BCUT2D eigenvalue weighted by atomic mass is 9.92. The first-order valence-corrected chi connectivity index (χ1v) is 7.95. The van der Waals surface area contributed by atoms with Gasteiger partial charge in [0.15, 0.2) is 5.78 Å². The summed E-state index contributed by atoms with van der Waals surface area (Å²) in [5.41, 5.74) is 1.47. The summed E-state index contributed by atoms with van der Waals surface area (Å²) in [5, 5.41) is 11.5. The van der Waals surface area contributed by atoms with Crippen LogP contribution in [-0.2, 0) is 0 Å². The van der Waals surface area contributed by atoms with Crippen molar-refractivity contribution in [2.24, 2.45) is 5.92 Å². The molecule has 0 spiro atoms. The second-order valence-corrected chi connectivity index (χ2v) is 6.04. The van der Waals surface area contributed by atoms with E-state index < -0.39 is 23.7 Å². The van der Waals surface area contributed by atoms with E-state index in [1.165, 1.54) is 6.07 Å². The number of carbonyl (C=O) groups is 2. The lowest BCUT2D eigenvalue weighted by Crippen LogP contribution is -2.40. The van der Waals surface area contributed by atoms with Crippen LogP contribution in [0.15, 0.2) is 42.5 Å². The molecule has 2 aromatic rings. The lowest BCUT2D eigenvalue weighted by Gasteiger charge is -2.21. The number of hydrogen-bond acceptors (Lipinski definition) is 3. The highest BCUT2D eigenvalue weighted by atomic mass is 19.1. The SMILES string of the molecule is Cc1cccc(F)c1C(=O)NC(C)C(C)C(=O)c1ccc(C#N)cc1. The molecule has 0 radical (unpaired) electrons. The maximum Gasteiger partial charge on any atom is 0.254 e. The van der Waals surface area contributed by atoms with E-state index in [-0.39, 0.29) is 11.3 Å². The number of benzene rings is 2. The molecule has 0 fully saturated rings. The van der Waals surface area contributed by atoms with E-state index >= 15 is 0 Å². The summed E-state index contributed by atoms with van der Waals surface area (Å²) < 4.78 is 13.9. The molecule has 4 nitrogen and oxygen atoms in total. The highest BCUT2D eigenvalue weighted by Crippen LogP contribution is 2.16. The maximum absolute atomic E-state index is 13.9. The molecule has 25 heavy (non-hydrogen) atoms. The fourth-order valence-electron chi connectivity index (χ4n) is 2.52. The van der Waals surface area contributed by atoms with Crippen molar-refractivity contribution in [3.63, 3.8) is 0 Å². The number of carbonyl (C=O) groups excluding carboxylic acids is 2. The van der Waals surface area contributed by atoms with Gasteiger partial charge in [-0.2, -0.15) is 5.26 Å². The van der Waals surface area contributed by atoms with Crippen LogP contribution in [0.25, 0.3) is 0 Å². The Labute approximate surface area is 146 Å². The topological polar surface area (TPSA) is 70.0 Å². The van der Waals surface area contributed by atoms with Crippen molar-refractivity contribution in [2.45, 2.75) is 26.8 Å². The van der Waals surface area contributed by atoms with E-state index in [9.17, 15) is 14.0 Å². The number of rotatable bonds is 5. The van der Waals surface area contributed by atoms with E-state index in [2.05, 4.69) is 5.32 Å². The van der Waals surface area contributed by atoms with E-state index in [1.54, 1.807) is 57.2 Å². The quantitative estimate of drug-likeness (QED) is 0.846. The molecule has 0 heterocycles. The van der Waals surface area contributed by atoms with Crippen LogP contribution in [0.1, 0.15) is 45.7 Å². The van der Waals surface area contributed by atoms with Crippen molar-refractivity contribution in [1.29, 1.82) is 5.26 Å². The molecule has 0 aliphatic rings. The fourth-order valence-corrected chi connectivity index (χ4v) is 2.52. The van der Waals surface area contributed by atoms with Gasteiger partial charge in [-0.25, -0.2) is 4.39 Å². The Kier molecular flexibility index (Phi) is 5.66. The Bertz CT molecular complexity index is 818. The molecule has 0 aliphatic heterocycles. The van der Waals surface area contributed by atoms with Gasteiger partial charge in [-0.1, -0.05) is 31.2 Å². The van der Waals surface area contributed by atoms with Crippen molar-refractivity contribution < 1.29 is 14.0 Å². The van der Waals surface area contributed by atoms with Gasteiger partial charge in [0.25, 0.3) is 5.91 Å². The van der Waals surface area contributed by atoms with Crippen molar-refractivity contribution in [1.82, 2.24) is 5.32 Å². The molecule has 5 heteroatoms. The Morgan fingerprint density at radius 1 is 1.12 bits per heavy atom. The number of halogens is 1. The molecule has 2 aromatic carbocycles. The summed E-state index contributed by atoms with van der Waals surface area (Å²) in [4.78, 5) is 24.9. The molecule has 2 rings (SSSR count). The Morgan fingerprint density at radius 2 is 1.76 bits per heavy atom. The Balaban J connectivity index is 2.11. The zero-order chi connectivity index (χ0) is 18.6. The third-order valence-electron chi connectivity index (χ3n) is 4.27. The summed E-state index contributed by atoms with van der Waals surface area (Å²) in [6.07, 6.45) is 0. The van der Waals surface area contributed by atoms with Gasteiger partial charge in [0.2, 0.25) is 0 Å². The smallest absolute Gasteiger partial charge is 0.254 e. The number of nitrogens with one attached hydrogen (secondary N) is 1. The predicted octanol–water partition coefficient (Wildman–Crippen LogP) is 3.64.